The molecule has 0 spiro atoms. The Bertz CT molecular complexity index is 78.5. The van der Waals surface area contributed by atoms with Crippen LogP contribution < -0.4 is 5.73 Å². The third-order valence-corrected chi connectivity index (χ3v) is 1.40. The molecule has 0 heterocycles. The molecular weight excluding hydrogens is 142 g/mol. The summed E-state index contributed by atoms with van der Waals surface area (Å²) < 4.78 is 10.3. The maximum atomic E-state index is 5.40. The van der Waals surface area contributed by atoms with E-state index >= 15 is 0 Å². The van der Waals surface area contributed by atoms with E-state index in [4.69, 9.17) is 15.2 Å². The van der Waals surface area contributed by atoms with Gasteiger partial charge in [-0.2, -0.15) is 0 Å². The molecule has 0 saturated carbocycles. The minimum Gasteiger partial charge on any atom is -0.382 e. The Kier molecular flexibility index (Phi) is 7.89. The highest BCUT2D eigenvalue weighted by atomic mass is 16.5. The van der Waals surface area contributed by atoms with E-state index in [1.807, 2.05) is 6.92 Å². The summed E-state index contributed by atoms with van der Waals surface area (Å²) in [6.45, 7) is 4.22. The van der Waals surface area contributed by atoms with Gasteiger partial charge in [0.1, 0.15) is 0 Å². The van der Waals surface area contributed by atoms with Crippen LogP contribution in [0.25, 0.3) is 0 Å². The normalized spacial score (nSPS) is 13.4. The van der Waals surface area contributed by atoms with Crippen molar-refractivity contribution >= 4 is 0 Å². The van der Waals surface area contributed by atoms with E-state index in [-0.39, 0.29) is 6.10 Å². The van der Waals surface area contributed by atoms with Crippen molar-refractivity contribution in [3.63, 3.8) is 0 Å². The first kappa shape index (κ1) is 10.9. The minimum atomic E-state index is 0.206. The molecule has 0 aliphatic rings. The molecular formula is C8H19NO2. The molecule has 0 aromatic carbocycles. The number of ether oxygens (including phenoxy) is 2. The van der Waals surface area contributed by atoms with Gasteiger partial charge in [-0.05, 0) is 26.3 Å². The van der Waals surface area contributed by atoms with E-state index in [1.165, 1.54) is 0 Å². The Morgan fingerprint density at radius 1 is 1.36 bits per heavy atom. The van der Waals surface area contributed by atoms with Crippen molar-refractivity contribution in [2.75, 3.05) is 26.9 Å². The van der Waals surface area contributed by atoms with Gasteiger partial charge in [0.05, 0.1) is 12.7 Å². The zero-order valence-corrected chi connectivity index (χ0v) is 7.51. The van der Waals surface area contributed by atoms with Crippen LogP contribution in [0.4, 0.5) is 0 Å². The molecule has 0 aromatic rings. The van der Waals surface area contributed by atoms with Crippen LogP contribution in [0, 0.1) is 0 Å². The second-order valence-corrected chi connectivity index (χ2v) is 2.63. The molecule has 0 rings (SSSR count). The van der Waals surface area contributed by atoms with E-state index < -0.39 is 0 Å². The zero-order valence-electron chi connectivity index (χ0n) is 7.51. The van der Waals surface area contributed by atoms with Crippen molar-refractivity contribution in [3.8, 4) is 0 Å². The van der Waals surface area contributed by atoms with Gasteiger partial charge in [-0.3, -0.25) is 0 Å². The fraction of sp³-hybridized carbons (Fsp3) is 1.00. The first-order valence-electron chi connectivity index (χ1n) is 4.12. The molecule has 68 valence electrons. The van der Waals surface area contributed by atoms with E-state index in [2.05, 4.69) is 0 Å². The lowest BCUT2D eigenvalue weighted by molar-refractivity contribution is 0.00795. The largest absolute Gasteiger partial charge is 0.382 e. The van der Waals surface area contributed by atoms with E-state index in [0.29, 0.717) is 6.61 Å². The maximum Gasteiger partial charge on any atom is 0.0780 e. The first-order chi connectivity index (χ1) is 5.31. The van der Waals surface area contributed by atoms with Crippen LogP contribution in [0.1, 0.15) is 19.8 Å². The van der Waals surface area contributed by atoms with Crippen LogP contribution in [0.5, 0.6) is 0 Å². The fourth-order valence-corrected chi connectivity index (χ4v) is 0.814. The van der Waals surface area contributed by atoms with E-state index in [0.717, 1.165) is 26.0 Å². The van der Waals surface area contributed by atoms with Crippen molar-refractivity contribution in [1.82, 2.24) is 0 Å². The number of hydrogen-bond donors (Lipinski definition) is 1. The number of nitrogens with two attached hydrogens (primary N) is 1. The topological polar surface area (TPSA) is 44.5 Å². The summed E-state index contributed by atoms with van der Waals surface area (Å²) in [5.41, 5.74) is 5.32. The summed E-state index contributed by atoms with van der Waals surface area (Å²) in [5, 5.41) is 0. The van der Waals surface area contributed by atoms with Gasteiger partial charge < -0.3 is 15.2 Å². The van der Waals surface area contributed by atoms with Crippen molar-refractivity contribution < 1.29 is 9.47 Å². The smallest absolute Gasteiger partial charge is 0.0780 e. The Balaban J connectivity index is 2.97. The Morgan fingerprint density at radius 2 is 2.09 bits per heavy atom. The Labute approximate surface area is 68.9 Å². The highest BCUT2D eigenvalue weighted by molar-refractivity contribution is 4.46. The van der Waals surface area contributed by atoms with Gasteiger partial charge in [-0.15, -0.1) is 0 Å². The molecule has 0 radical (unpaired) electrons. The zero-order chi connectivity index (χ0) is 8.53. The van der Waals surface area contributed by atoms with Gasteiger partial charge in [0.15, 0.2) is 0 Å². The molecule has 0 aliphatic heterocycles. The summed E-state index contributed by atoms with van der Waals surface area (Å²) in [6.07, 6.45) is 2.29. The molecule has 0 aromatic heterocycles. The number of hydrogen-bond acceptors (Lipinski definition) is 3. The van der Waals surface area contributed by atoms with Gasteiger partial charge in [-0.25, -0.2) is 0 Å². The molecule has 2 N–H and O–H groups in total. The van der Waals surface area contributed by atoms with Crippen LogP contribution in [-0.2, 0) is 9.47 Å². The Morgan fingerprint density at radius 3 is 2.64 bits per heavy atom. The molecule has 0 aliphatic carbocycles. The summed E-state index contributed by atoms with van der Waals surface area (Å²) >= 11 is 0. The molecule has 11 heavy (non-hydrogen) atoms. The van der Waals surface area contributed by atoms with Gasteiger partial charge >= 0.3 is 0 Å². The standard InChI is InChI=1S/C8H19NO2/c1-8(7-10-2)11-6-4-3-5-9/h8H,3-7,9H2,1-2H3. The quantitative estimate of drug-likeness (QED) is 0.561. The number of unbranched alkanes of at least 4 members (excludes halogenated alkanes) is 1. The Hall–Kier alpha value is -0.120. The summed E-state index contributed by atoms with van der Waals surface area (Å²) in [5.74, 6) is 0. The van der Waals surface area contributed by atoms with E-state index in [9.17, 15) is 0 Å². The minimum absolute atomic E-state index is 0.206. The molecule has 0 saturated heterocycles. The lowest BCUT2D eigenvalue weighted by Crippen LogP contribution is -2.15. The molecule has 0 bridgehead atoms. The third kappa shape index (κ3) is 7.78. The van der Waals surface area contributed by atoms with Gasteiger partial charge in [0.25, 0.3) is 0 Å². The highest BCUT2D eigenvalue weighted by Crippen LogP contribution is 1.94. The molecule has 3 nitrogen and oxygen atoms in total. The van der Waals surface area contributed by atoms with Crippen LogP contribution in [-0.4, -0.2) is 33.0 Å². The molecule has 3 heteroatoms. The van der Waals surface area contributed by atoms with Crippen LogP contribution in [0.15, 0.2) is 0 Å². The molecule has 0 fully saturated rings. The second kappa shape index (κ2) is 7.98. The second-order valence-electron chi connectivity index (χ2n) is 2.63. The van der Waals surface area contributed by atoms with Crippen molar-refractivity contribution in [2.24, 2.45) is 5.73 Å². The van der Waals surface area contributed by atoms with Gasteiger partial charge in [-0.1, -0.05) is 0 Å². The first-order valence-corrected chi connectivity index (χ1v) is 4.12. The average molecular weight is 161 g/mol. The van der Waals surface area contributed by atoms with E-state index in [1.54, 1.807) is 7.11 Å². The summed E-state index contributed by atoms with van der Waals surface area (Å²) in [6, 6.07) is 0. The van der Waals surface area contributed by atoms with Crippen molar-refractivity contribution in [3.05, 3.63) is 0 Å². The van der Waals surface area contributed by atoms with Crippen LogP contribution in [0.3, 0.4) is 0 Å². The molecule has 0 amide bonds. The van der Waals surface area contributed by atoms with Crippen LogP contribution >= 0.6 is 0 Å². The maximum absolute atomic E-state index is 5.40. The fourth-order valence-electron chi connectivity index (χ4n) is 0.814. The monoisotopic (exact) mass is 161 g/mol. The third-order valence-electron chi connectivity index (χ3n) is 1.40. The lowest BCUT2D eigenvalue weighted by Gasteiger charge is -2.10. The highest BCUT2D eigenvalue weighted by Gasteiger charge is 1.98. The molecule has 1 unspecified atom stereocenters. The van der Waals surface area contributed by atoms with Crippen LogP contribution in [0.2, 0.25) is 0 Å². The molecule has 1 atom stereocenters. The predicted molar refractivity (Wildman–Crippen MR) is 45.6 cm³/mol. The number of rotatable bonds is 7. The van der Waals surface area contributed by atoms with Gasteiger partial charge in [0.2, 0.25) is 0 Å². The number of methoxy groups -OCH3 is 1. The summed E-state index contributed by atoms with van der Waals surface area (Å²) in [7, 11) is 1.68. The van der Waals surface area contributed by atoms with Crippen molar-refractivity contribution in [1.29, 1.82) is 0 Å². The predicted octanol–water partition coefficient (Wildman–Crippen LogP) is 0.777. The summed E-state index contributed by atoms with van der Waals surface area (Å²) in [4.78, 5) is 0. The average Bonchev–Trinajstić information content (AvgIpc) is 1.99. The lowest BCUT2D eigenvalue weighted by atomic mass is 10.3. The van der Waals surface area contributed by atoms with Crippen molar-refractivity contribution in [2.45, 2.75) is 25.9 Å². The van der Waals surface area contributed by atoms with Gasteiger partial charge in [0, 0.05) is 13.7 Å². The SMILES string of the molecule is COCC(C)OCCCCN.